The van der Waals surface area contributed by atoms with E-state index in [9.17, 15) is 0 Å². The molecule has 0 unspecified atom stereocenters. The first-order valence-corrected chi connectivity index (χ1v) is 7.62. The second-order valence-electron chi connectivity index (χ2n) is 5.06. The topological polar surface area (TPSA) is 29.9 Å². The average molecular weight is 320 g/mol. The smallest absolute Gasteiger partial charge is 0.0950 e. The van der Waals surface area contributed by atoms with Crippen LogP contribution in [-0.2, 0) is 6.54 Å². The monoisotopic (exact) mass is 319 g/mol. The molecule has 1 N–H and O–H groups in total. The van der Waals surface area contributed by atoms with Crippen molar-refractivity contribution in [2.24, 2.45) is 0 Å². The van der Waals surface area contributed by atoms with Crippen molar-refractivity contribution in [3.8, 4) is 11.3 Å². The molecule has 0 spiro atoms. The fourth-order valence-corrected chi connectivity index (χ4v) is 2.47. The fourth-order valence-electron chi connectivity index (χ4n) is 2.20. The lowest BCUT2D eigenvalue weighted by Crippen LogP contribution is -2.18. The van der Waals surface area contributed by atoms with Gasteiger partial charge >= 0.3 is 0 Å². The number of aryl methyl sites for hydroxylation is 1. The summed E-state index contributed by atoms with van der Waals surface area (Å²) in [6, 6.07) is 9.19. The molecule has 0 aliphatic heterocycles. The zero-order chi connectivity index (χ0) is 13.1. The fraction of sp³-hybridized carbons (Fsp3) is 0.400. The molecule has 1 saturated carbocycles. The van der Waals surface area contributed by atoms with Gasteiger partial charge in [0.05, 0.1) is 18.2 Å². The van der Waals surface area contributed by atoms with Crippen LogP contribution in [0.15, 0.2) is 41.3 Å². The van der Waals surface area contributed by atoms with E-state index in [1.54, 1.807) is 0 Å². The summed E-state index contributed by atoms with van der Waals surface area (Å²) >= 11 is 3.47. The first-order chi connectivity index (χ1) is 9.33. The van der Waals surface area contributed by atoms with Gasteiger partial charge < -0.3 is 9.88 Å². The molecule has 4 heteroatoms. The maximum atomic E-state index is 4.28. The number of hydrogen-bond donors (Lipinski definition) is 1. The van der Waals surface area contributed by atoms with Crippen LogP contribution in [0.25, 0.3) is 11.3 Å². The van der Waals surface area contributed by atoms with Crippen molar-refractivity contribution < 1.29 is 0 Å². The van der Waals surface area contributed by atoms with Gasteiger partial charge in [0.15, 0.2) is 0 Å². The highest BCUT2D eigenvalue weighted by atomic mass is 79.9. The second kappa shape index (κ2) is 5.88. The van der Waals surface area contributed by atoms with Crippen molar-refractivity contribution in [3.05, 3.63) is 41.3 Å². The van der Waals surface area contributed by atoms with Crippen LogP contribution in [0.3, 0.4) is 0 Å². The Hall–Kier alpha value is -1.13. The van der Waals surface area contributed by atoms with E-state index in [0.29, 0.717) is 0 Å². The van der Waals surface area contributed by atoms with Crippen molar-refractivity contribution in [1.82, 2.24) is 14.9 Å². The molecule has 100 valence electrons. The summed E-state index contributed by atoms with van der Waals surface area (Å²) in [7, 11) is 0. The van der Waals surface area contributed by atoms with E-state index in [-0.39, 0.29) is 0 Å². The van der Waals surface area contributed by atoms with Crippen LogP contribution in [0.1, 0.15) is 19.3 Å². The first kappa shape index (κ1) is 12.9. The third-order valence-electron chi connectivity index (χ3n) is 3.44. The molecule has 2 aromatic rings. The first-order valence-electron chi connectivity index (χ1n) is 6.82. The number of nitrogens with one attached hydrogen (secondary N) is 1. The molecular formula is C15H18BrN3. The molecule has 1 heterocycles. The largest absolute Gasteiger partial charge is 0.331 e. The van der Waals surface area contributed by atoms with E-state index >= 15 is 0 Å². The lowest BCUT2D eigenvalue weighted by molar-refractivity contribution is 0.581. The number of rotatable bonds is 6. The van der Waals surface area contributed by atoms with Crippen LogP contribution < -0.4 is 5.32 Å². The van der Waals surface area contributed by atoms with Gasteiger partial charge in [0.1, 0.15) is 0 Å². The number of imidazole rings is 1. The van der Waals surface area contributed by atoms with Gasteiger partial charge in [-0.25, -0.2) is 4.98 Å². The van der Waals surface area contributed by atoms with Gasteiger partial charge in [0.2, 0.25) is 0 Å². The summed E-state index contributed by atoms with van der Waals surface area (Å²) in [5, 5.41) is 3.55. The van der Waals surface area contributed by atoms with Crippen molar-refractivity contribution in [2.45, 2.75) is 31.8 Å². The van der Waals surface area contributed by atoms with Crippen LogP contribution in [0.5, 0.6) is 0 Å². The highest BCUT2D eigenvalue weighted by Crippen LogP contribution is 2.22. The standard InChI is InChI=1S/C15H18BrN3/c16-13-4-2-12(3-5-13)15-10-17-11-19(15)9-1-8-18-14-6-7-14/h2-5,10-11,14,18H,1,6-9H2. The maximum absolute atomic E-state index is 4.28. The normalized spacial score (nSPS) is 14.8. The van der Waals surface area contributed by atoms with E-state index in [1.165, 1.54) is 24.1 Å². The molecule has 1 aromatic carbocycles. The van der Waals surface area contributed by atoms with Gasteiger partial charge in [-0.15, -0.1) is 0 Å². The van der Waals surface area contributed by atoms with Gasteiger partial charge in [0, 0.05) is 17.1 Å². The summed E-state index contributed by atoms with van der Waals surface area (Å²) in [6.07, 6.45) is 7.73. The predicted molar refractivity (Wildman–Crippen MR) is 81.0 cm³/mol. The Bertz CT molecular complexity index is 529. The summed E-state index contributed by atoms with van der Waals surface area (Å²) in [6.45, 7) is 2.12. The maximum Gasteiger partial charge on any atom is 0.0950 e. The molecule has 0 atom stereocenters. The van der Waals surface area contributed by atoms with E-state index in [4.69, 9.17) is 0 Å². The summed E-state index contributed by atoms with van der Waals surface area (Å²) in [5.74, 6) is 0. The van der Waals surface area contributed by atoms with Gasteiger partial charge in [-0.3, -0.25) is 0 Å². The van der Waals surface area contributed by atoms with E-state index in [1.807, 2.05) is 12.5 Å². The molecule has 1 aliphatic rings. The summed E-state index contributed by atoms with van der Waals surface area (Å²) in [5.41, 5.74) is 2.41. The molecule has 1 aromatic heterocycles. The van der Waals surface area contributed by atoms with Crippen LogP contribution in [0, 0.1) is 0 Å². The van der Waals surface area contributed by atoms with Crippen molar-refractivity contribution >= 4 is 15.9 Å². The molecule has 3 rings (SSSR count). The molecule has 0 amide bonds. The lowest BCUT2D eigenvalue weighted by Gasteiger charge is -2.09. The number of aromatic nitrogens is 2. The zero-order valence-corrected chi connectivity index (χ0v) is 12.4. The second-order valence-corrected chi connectivity index (χ2v) is 5.98. The Balaban J connectivity index is 1.62. The molecule has 0 saturated heterocycles. The van der Waals surface area contributed by atoms with Gasteiger partial charge in [-0.2, -0.15) is 0 Å². The molecular weight excluding hydrogens is 302 g/mol. The highest BCUT2D eigenvalue weighted by Gasteiger charge is 2.19. The van der Waals surface area contributed by atoms with Crippen molar-refractivity contribution in [1.29, 1.82) is 0 Å². The van der Waals surface area contributed by atoms with Crippen LogP contribution >= 0.6 is 15.9 Å². The SMILES string of the molecule is Brc1ccc(-c2cncn2CCCNC2CC2)cc1. The number of halogens is 1. The van der Waals surface area contributed by atoms with Gasteiger partial charge in [-0.1, -0.05) is 28.1 Å². The van der Waals surface area contributed by atoms with Crippen LogP contribution in [-0.4, -0.2) is 22.1 Å². The number of hydrogen-bond acceptors (Lipinski definition) is 2. The summed E-state index contributed by atoms with van der Waals surface area (Å²) < 4.78 is 3.34. The summed E-state index contributed by atoms with van der Waals surface area (Å²) in [4.78, 5) is 4.28. The van der Waals surface area contributed by atoms with Crippen molar-refractivity contribution in [3.63, 3.8) is 0 Å². The minimum absolute atomic E-state index is 0.800. The van der Waals surface area contributed by atoms with E-state index < -0.39 is 0 Å². The Labute approximate surface area is 122 Å². The molecule has 1 aliphatic carbocycles. The van der Waals surface area contributed by atoms with Crippen LogP contribution in [0.2, 0.25) is 0 Å². The quantitative estimate of drug-likeness (QED) is 0.826. The molecule has 0 radical (unpaired) electrons. The minimum atomic E-state index is 0.800. The van der Waals surface area contributed by atoms with E-state index in [2.05, 4.69) is 55.1 Å². The van der Waals surface area contributed by atoms with Crippen molar-refractivity contribution in [2.75, 3.05) is 6.54 Å². The minimum Gasteiger partial charge on any atom is -0.331 e. The van der Waals surface area contributed by atoms with Gasteiger partial charge in [0.25, 0.3) is 0 Å². The predicted octanol–water partition coefficient (Wildman–Crippen LogP) is 3.45. The Morgan fingerprint density at radius 1 is 1.26 bits per heavy atom. The zero-order valence-electron chi connectivity index (χ0n) is 10.8. The molecule has 3 nitrogen and oxygen atoms in total. The van der Waals surface area contributed by atoms with Gasteiger partial charge in [-0.05, 0) is 43.5 Å². The molecule has 1 fully saturated rings. The average Bonchev–Trinajstić information content (AvgIpc) is 3.13. The number of nitrogens with zero attached hydrogens (tertiary/aromatic N) is 2. The Kier molecular flexibility index (Phi) is 3.99. The number of benzene rings is 1. The third-order valence-corrected chi connectivity index (χ3v) is 3.97. The Morgan fingerprint density at radius 3 is 2.79 bits per heavy atom. The highest BCUT2D eigenvalue weighted by molar-refractivity contribution is 9.10. The Morgan fingerprint density at radius 2 is 2.05 bits per heavy atom. The molecule has 0 bridgehead atoms. The van der Waals surface area contributed by atoms with E-state index in [0.717, 1.165) is 30.0 Å². The molecule has 19 heavy (non-hydrogen) atoms. The lowest BCUT2D eigenvalue weighted by atomic mass is 10.2. The van der Waals surface area contributed by atoms with Crippen LogP contribution in [0.4, 0.5) is 0 Å². The third kappa shape index (κ3) is 3.45.